The molecule has 6 heteroatoms. The van der Waals surface area contributed by atoms with Gasteiger partial charge in [0.25, 0.3) is 0 Å². The molecule has 2 fully saturated rings. The molecule has 2 atom stereocenters. The van der Waals surface area contributed by atoms with Gasteiger partial charge in [-0.05, 0) is 37.5 Å². The number of nitrogens with zero attached hydrogens (tertiary/aromatic N) is 1. The Labute approximate surface area is 127 Å². The quantitative estimate of drug-likeness (QED) is 0.288. The zero-order valence-corrected chi connectivity index (χ0v) is 12.4. The molecule has 0 heterocycles. The Morgan fingerprint density at radius 2 is 2.19 bits per heavy atom. The summed E-state index contributed by atoms with van der Waals surface area (Å²) in [4.78, 5) is 12.4. The van der Waals surface area contributed by atoms with Crippen LogP contribution in [0.4, 0.5) is 0 Å². The second-order valence-corrected chi connectivity index (χ2v) is 5.92. The van der Waals surface area contributed by atoms with E-state index in [2.05, 4.69) is 10.5 Å². The summed E-state index contributed by atoms with van der Waals surface area (Å²) in [7, 11) is 1.68. The largest absolute Gasteiger partial charge is 0.489 e. The van der Waals surface area contributed by atoms with Crippen LogP contribution >= 0.6 is 11.6 Å². The van der Waals surface area contributed by atoms with E-state index >= 15 is 0 Å². The molecule has 2 aliphatic rings. The van der Waals surface area contributed by atoms with Crippen molar-refractivity contribution in [2.75, 3.05) is 7.05 Å². The molecule has 0 radical (unpaired) electrons. The van der Waals surface area contributed by atoms with Gasteiger partial charge in [-0.2, -0.15) is 0 Å². The summed E-state index contributed by atoms with van der Waals surface area (Å²) >= 11 is 6.17. The van der Waals surface area contributed by atoms with Crippen molar-refractivity contribution in [1.82, 2.24) is 5.32 Å². The SMILES string of the molecule is CN/C(=N\O)[C@H]1C[C@@H]1C(=O)c1ccc(OC2CC2)c(Cl)c1. The maximum absolute atomic E-state index is 12.4. The van der Waals surface area contributed by atoms with Crippen molar-refractivity contribution in [3.05, 3.63) is 28.8 Å². The molecule has 0 aliphatic heterocycles. The van der Waals surface area contributed by atoms with E-state index < -0.39 is 0 Å². The van der Waals surface area contributed by atoms with Crippen molar-refractivity contribution in [2.24, 2.45) is 17.0 Å². The maximum atomic E-state index is 12.4. The highest BCUT2D eigenvalue weighted by Crippen LogP contribution is 2.42. The van der Waals surface area contributed by atoms with E-state index in [0.717, 1.165) is 12.8 Å². The van der Waals surface area contributed by atoms with Crippen molar-refractivity contribution in [1.29, 1.82) is 0 Å². The van der Waals surface area contributed by atoms with Gasteiger partial charge in [-0.15, -0.1) is 0 Å². The summed E-state index contributed by atoms with van der Waals surface area (Å²) in [5.41, 5.74) is 0.573. The van der Waals surface area contributed by atoms with Crippen molar-refractivity contribution in [3.63, 3.8) is 0 Å². The van der Waals surface area contributed by atoms with E-state index in [0.29, 0.717) is 28.6 Å². The third-order valence-electron chi connectivity index (χ3n) is 3.88. The standard InChI is InChI=1S/C15H17ClN2O3/c1-17-15(18-20)11-7-10(11)14(19)8-2-5-13(12(16)6-8)21-9-3-4-9/h2,5-6,9-11,20H,3-4,7H2,1H3,(H,17,18)/t10-,11-/m0/s1. The van der Waals surface area contributed by atoms with E-state index in [1.165, 1.54) is 0 Å². The lowest BCUT2D eigenvalue weighted by atomic mass is 10.1. The lowest BCUT2D eigenvalue weighted by Gasteiger charge is -2.08. The summed E-state index contributed by atoms with van der Waals surface area (Å²) in [5.74, 6) is 0.934. The first-order valence-corrected chi connectivity index (χ1v) is 7.42. The average Bonchev–Trinajstić information content (AvgIpc) is 3.36. The molecule has 2 aliphatic carbocycles. The second kappa shape index (κ2) is 5.56. The molecule has 0 spiro atoms. The molecule has 3 rings (SSSR count). The molecule has 21 heavy (non-hydrogen) atoms. The Morgan fingerprint density at radius 3 is 2.76 bits per heavy atom. The van der Waals surface area contributed by atoms with Gasteiger partial charge in [-0.1, -0.05) is 16.8 Å². The van der Waals surface area contributed by atoms with Crippen LogP contribution in [0.2, 0.25) is 5.02 Å². The Kier molecular flexibility index (Phi) is 3.76. The molecule has 5 nitrogen and oxygen atoms in total. The summed E-state index contributed by atoms with van der Waals surface area (Å²) in [6, 6.07) is 5.16. The fourth-order valence-electron chi connectivity index (χ4n) is 2.43. The number of rotatable bonds is 5. The average molecular weight is 309 g/mol. The zero-order valence-electron chi connectivity index (χ0n) is 11.7. The molecular weight excluding hydrogens is 292 g/mol. The van der Waals surface area contributed by atoms with Gasteiger partial charge < -0.3 is 15.3 Å². The van der Waals surface area contributed by atoms with E-state index in [9.17, 15) is 4.79 Å². The van der Waals surface area contributed by atoms with E-state index in [4.69, 9.17) is 21.5 Å². The monoisotopic (exact) mass is 308 g/mol. The summed E-state index contributed by atoms with van der Waals surface area (Å²) in [6.07, 6.45) is 3.09. The number of oxime groups is 1. The third kappa shape index (κ3) is 2.97. The van der Waals surface area contributed by atoms with Gasteiger partial charge in [0.15, 0.2) is 5.78 Å². The fraction of sp³-hybridized carbons (Fsp3) is 0.467. The Hall–Kier alpha value is -1.75. The maximum Gasteiger partial charge on any atom is 0.166 e. The number of ketones is 1. The topological polar surface area (TPSA) is 70.9 Å². The molecule has 1 aromatic carbocycles. The van der Waals surface area contributed by atoms with Crippen molar-refractivity contribution < 1.29 is 14.7 Å². The third-order valence-corrected chi connectivity index (χ3v) is 4.17. The van der Waals surface area contributed by atoms with Crippen LogP contribution in [0.3, 0.4) is 0 Å². The van der Waals surface area contributed by atoms with Crippen LogP contribution in [0.15, 0.2) is 23.4 Å². The van der Waals surface area contributed by atoms with Crippen molar-refractivity contribution in [3.8, 4) is 5.75 Å². The highest BCUT2D eigenvalue weighted by atomic mass is 35.5. The number of halogens is 1. The second-order valence-electron chi connectivity index (χ2n) is 5.51. The molecule has 0 amide bonds. The van der Waals surface area contributed by atoms with Gasteiger partial charge >= 0.3 is 0 Å². The molecule has 112 valence electrons. The van der Waals surface area contributed by atoms with Crippen molar-refractivity contribution in [2.45, 2.75) is 25.4 Å². The van der Waals surface area contributed by atoms with Crippen LogP contribution < -0.4 is 10.1 Å². The van der Waals surface area contributed by atoms with Crippen LogP contribution in [0, 0.1) is 11.8 Å². The Bertz CT molecular complexity index is 599. The van der Waals surface area contributed by atoms with Gasteiger partial charge in [0.2, 0.25) is 0 Å². The number of Topliss-reactive ketones (excluding diaryl/α,β-unsaturated/α-hetero) is 1. The van der Waals surface area contributed by atoms with Gasteiger partial charge in [0.1, 0.15) is 11.6 Å². The normalized spacial score (nSPS) is 24.6. The van der Waals surface area contributed by atoms with Gasteiger partial charge in [0.05, 0.1) is 11.1 Å². The number of hydrogen-bond acceptors (Lipinski definition) is 4. The zero-order chi connectivity index (χ0) is 15.0. The molecule has 2 saturated carbocycles. The van der Waals surface area contributed by atoms with Crippen molar-refractivity contribution >= 4 is 23.2 Å². The number of carbonyl (C=O) groups is 1. The smallest absolute Gasteiger partial charge is 0.166 e. The molecule has 0 unspecified atom stereocenters. The number of amidine groups is 1. The minimum Gasteiger partial charge on any atom is -0.489 e. The minimum atomic E-state index is -0.144. The Balaban J connectivity index is 1.69. The lowest BCUT2D eigenvalue weighted by molar-refractivity contribution is 0.0964. The number of benzene rings is 1. The molecule has 0 saturated heterocycles. The van der Waals surface area contributed by atoms with Crippen LogP contribution in [0.5, 0.6) is 5.75 Å². The van der Waals surface area contributed by atoms with E-state index in [1.807, 2.05) is 0 Å². The number of ether oxygens (including phenoxy) is 1. The van der Waals surface area contributed by atoms with Crippen LogP contribution in [-0.4, -0.2) is 30.0 Å². The number of nitrogens with one attached hydrogen (secondary N) is 1. The molecular formula is C15H17ClN2O3. The summed E-state index contributed by atoms with van der Waals surface area (Å²) in [6.45, 7) is 0. The molecule has 1 aromatic rings. The van der Waals surface area contributed by atoms with Gasteiger partial charge in [0, 0.05) is 24.4 Å². The highest BCUT2D eigenvalue weighted by molar-refractivity contribution is 6.32. The first-order valence-electron chi connectivity index (χ1n) is 7.04. The van der Waals surface area contributed by atoms with Crippen LogP contribution in [-0.2, 0) is 0 Å². The minimum absolute atomic E-state index is 0.0243. The van der Waals surface area contributed by atoms with E-state index in [1.54, 1.807) is 25.2 Å². The van der Waals surface area contributed by atoms with E-state index in [-0.39, 0.29) is 23.7 Å². The van der Waals surface area contributed by atoms with Crippen LogP contribution in [0.1, 0.15) is 29.6 Å². The first-order chi connectivity index (χ1) is 10.1. The predicted octanol–water partition coefficient (Wildman–Crippen LogP) is 2.71. The summed E-state index contributed by atoms with van der Waals surface area (Å²) < 4.78 is 5.66. The molecule has 0 aromatic heterocycles. The van der Waals surface area contributed by atoms with Gasteiger partial charge in [-0.25, -0.2) is 0 Å². The molecule has 2 N–H and O–H groups in total. The summed E-state index contributed by atoms with van der Waals surface area (Å²) in [5, 5.41) is 15.3. The number of carbonyl (C=O) groups excluding carboxylic acids is 1. The fourth-order valence-corrected chi connectivity index (χ4v) is 2.65. The first kappa shape index (κ1) is 14.2. The number of hydrogen-bond donors (Lipinski definition) is 2. The van der Waals surface area contributed by atoms with Crippen LogP contribution in [0.25, 0.3) is 0 Å². The van der Waals surface area contributed by atoms with Gasteiger partial charge in [-0.3, -0.25) is 4.79 Å². The Morgan fingerprint density at radius 1 is 1.43 bits per heavy atom. The highest BCUT2D eigenvalue weighted by Gasteiger charge is 2.46. The molecule has 0 bridgehead atoms. The predicted molar refractivity (Wildman–Crippen MR) is 79.3 cm³/mol. The lowest BCUT2D eigenvalue weighted by Crippen LogP contribution is -2.22.